The molecule has 0 aromatic carbocycles. The minimum Gasteiger partial charge on any atom is -0.437 e. The van der Waals surface area contributed by atoms with Crippen LogP contribution in [0.15, 0.2) is 12.3 Å². The maximum Gasteiger partial charge on any atom is 0.513 e. The molecule has 0 rings (SSSR count). The molecule has 0 N–H and O–H groups in total. The zero-order chi connectivity index (χ0) is 8.15. The van der Waals surface area contributed by atoms with E-state index >= 15 is 0 Å². The fourth-order valence-corrected chi connectivity index (χ4v) is 0.267. The van der Waals surface area contributed by atoms with Gasteiger partial charge >= 0.3 is 6.16 Å². The second-order valence-corrected chi connectivity index (χ2v) is 2.18. The van der Waals surface area contributed by atoms with Gasteiger partial charge in [-0.2, -0.15) is 0 Å². The summed E-state index contributed by atoms with van der Waals surface area (Å²) < 4.78 is 8.85. The fraction of sp³-hybridized carbons (Fsp3) is 0.571. The van der Waals surface area contributed by atoms with Gasteiger partial charge in [0, 0.05) is 5.92 Å². The number of methoxy groups -OCH3 is 1. The van der Waals surface area contributed by atoms with Crippen molar-refractivity contribution in [3.05, 3.63) is 12.3 Å². The maximum atomic E-state index is 10.4. The maximum absolute atomic E-state index is 10.4. The van der Waals surface area contributed by atoms with Gasteiger partial charge in [-0.1, -0.05) is 20.4 Å². The largest absolute Gasteiger partial charge is 0.513 e. The molecule has 0 bridgehead atoms. The standard InChI is InChI=1S/C7H12O3/c1-5(2)6(3)10-7(8)9-4/h5H,3H2,1-2,4H3. The predicted octanol–water partition coefficient (Wildman–Crippen LogP) is 1.94. The van der Waals surface area contributed by atoms with Crippen molar-refractivity contribution in [2.75, 3.05) is 7.11 Å². The molecule has 0 amide bonds. The van der Waals surface area contributed by atoms with Gasteiger partial charge in [-0.3, -0.25) is 0 Å². The second kappa shape index (κ2) is 3.93. The van der Waals surface area contributed by atoms with Crippen molar-refractivity contribution >= 4 is 6.16 Å². The highest BCUT2D eigenvalue weighted by Crippen LogP contribution is 2.08. The molecule has 0 aromatic rings. The van der Waals surface area contributed by atoms with Crippen molar-refractivity contribution in [2.24, 2.45) is 5.92 Å². The summed E-state index contributed by atoms with van der Waals surface area (Å²) in [6, 6.07) is 0. The molecule has 0 atom stereocenters. The van der Waals surface area contributed by atoms with Crippen molar-refractivity contribution in [3.8, 4) is 0 Å². The second-order valence-electron chi connectivity index (χ2n) is 2.18. The van der Waals surface area contributed by atoms with Crippen molar-refractivity contribution < 1.29 is 14.3 Å². The molecule has 58 valence electrons. The van der Waals surface area contributed by atoms with Crippen LogP contribution in [0.4, 0.5) is 4.79 Å². The molecule has 0 aromatic heterocycles. The van der Waals surface area contributed by atoms with Crippen LogP contribution in [0, 0.1) is 5.92 Å². The Bertz CT molecular complexity index is 138. The Labute approximate surface area is 60.6 Å². The molecule has 0 aliphatic heterocycles. The number of allylic oxidation sites excluding steroid dienone is 1. The van der Waals surface area contributed by atoms with Crippen molar-refractivity contribution in [1.29, 1.82) is 0 Å². The van der Waals surface area contributed by atoms with Gasteiger partial charge in [0.15, 0.2) is 0 Å². The molecule has 3 heteroatoms. The lowest BCUT2D eigenvalue weighted by Crippen LogP contribution is -2.06. The van der Waals surface area contributed by atoms with Gasteiger partial charge in [0.25, 0.3) is 0 Å². The van der Waals surface area contributed by atoms with Gasteiger partial charge in [-0.05, 0) is 0 Å². The van der Waals surface area contributed by atoms with Crippen LogP contribution in [0.3, 0.4) is 0 Å². The topological polar surface area (TPSA) is 35.5 Å². The SMILES string of the molecule is C=C(OC(=O)OC)C(C)C. The Morgan fingerprint density at radius 2 is 2.00 bits per heavy atom. The van der Waals surface area contributed by atoms with E-state index in [2.05, 4.69) is 16.1 Å². The number of carbonyl (C=O) groups is 1. The van der Waals surface area contributed by atoms with Gasteiger partial charge in [-0.25, -0.2) is 4.79 Å². The molecule has 0 heterocycles. The van der Waals surface area contributed by atoms with Crippen LogP contribution in [0.25, 0.3) is 0 Å². The lowest BCUT2D eigenvalue weighted by Gasteiger charge is -2.07. The molecule has 3 nitrogen and oxygen atoms in total. The summed E-state index contributed by atoms with van der Waals surface area (Å²) >= 11 is 0. The Hall–Kier alpha value is -0.990. The number of hydrogen-bond donors (Lipinski definition) is 0. The van der Waals surface area contributed by atoms with Crippen molar-refractivity contribution in [2.45, 2.75) is 13.8 Å². The minimum atomic E-state index is -0.710. The predicted molar refractivity (Wildman–Crippen MR) is 37.5 cm³/mol. The zero-order valence-corrected chi connectivity index (χ0v) is 6.51. The summed E-state index contributed by atoms with van der Waals surface area (Å²) in [6.07, 6.45) is -0.710. The van der Waals surface area contributed by atoms with E-state index in [1.807, 2.05) is 13.8 Å². The Morgan fingerprint density at radius 1 is 1.50 bits per heavy atom. The molecule has 10 heavy (non-hydrogen) atoms. The van der Waals surface area contributed by atoms with E-state index in [4.69, 9.17) is 0 Å². The van der Waals surface area contributed by atoms with Gasteiger partial charge in [-0.15, -0.1) is 0 Å². The summed E-state index contributed by atoms with van der Waals surface area (Å²) in [5.41, 5.74) is 0. The lowest BCUT2D eigenvalue weighted by molar-refractivity contribution is 0.0911. The van der Waals surface area contributed by atoms with E-state index < -0.39 is 6.16 Å². The van der Waals surface area contributed by atoms with Crippen LogP contribution in [0.5, 0.6) is 0 Å². The third kappa shape index (κ3) is 3.12. The van der Waals surface area contributed by atoms with Gasteiger partial charge in [0.2, 0.25) is 0 Å². The minimum absolute atomic E-state index is 0.138. The molecule has 0 saturated heterocycles. The molecule has 0 fully saturated rings. The lowest BCUT2D eigenvalue weighted by atomic mass is 10.2. The molecule has 0 aliphatic rings. The van der Waals surface area contributed by atoms with Gasteiger partial charge < -0.3 is 9.47 Å². The highest BCUT2D eigenvalue weighted by atomic mass is 16.7. The molecular weight excluding hydrogens is 132 g/mol. The number of ether oxygens (including phenoxy) is 2. The van der Waals surface area contributed by atoms with E-state index in [0.717, 1.165) is 0 Å². The monoisotopic (exact) mass is 144 g/mol. The van der Waals surface area contributed by atoms with Crippen LogP contribution < -0.4 is 0 Å². The smallest absolute Gasteiger partial charge is 0.437 e. The van der Waals surface area contributed by atoms with Crippen LogP contribution >= 0.6 is 0 Å². The van der Waals surface area contributed by atoms with Crippen molar-refractivity contribution in [1.82, 2.24) is 0 Å². The first kappa shape index (κ1) is 9.01. The molecule has 0 unspecified atom stereocenters. The first-order valence-electron chi connectivity index (χ1n) is 3.02. The average molecular weight is 144 g/mol. The fourth-order valence-electron chi connectivity index (χ4n) is 0.267. The highest BCUT2D eigenvalue weighted by Gasteiger charge is 2.06. The third-order valence-electron chi connectivity index (χ3n) is 1.03. The molecule has 0 spiro atoms. The molecular formula is C7H12O3. The quantitative estimate of drug-likeness (QED) is 0.439. The van der Waals surface area contributed by atoms with E-state index in [1.54, 1.807) is 0 Å². The number of rotatable bonds is 2. The van der Waals surface area contributed by atoms with Crippen molar-refractivity contribution in [3.63, 3.8) is 0 Å². The van der Waals surface area contributed by atoms with Crippen LogP contribution in [-0.4, -0.2) is 13.3 Å². The van der Waals surface area contributed by atoms with E-state index in [0.29, 0.717) is 5.76 Å². The van der Waals surface area contributed by atoms with Crippen LogP contribution in [0.1, 0.15) is 13.8 Å². The first-order valence-corrected chi connectivity index (χ1v) is 3.02. The van der Waals surface area contributed by atoms with Crippen LogP contribution in [-0.2, 0) is 9.47 Å². The van der Waals surface area contributed by atoms with E-state index in [-0.39, 0.29) is 5.92 Å². The van der Waals surface area contributed by atoms with Gasteiger partial charge in [0.1, 0.15) is 5.76 Å². The molecule has 0 radical (unpaired) electrons. The van der Waals surface area contributed by atoms with Gasteiger partial charge in [0.05, 0.1) is 7.11 Å². The summed E-state index contributed by atoms with van der Waals surface area (Å²) in [4.78, 5) is 10.4. The first-order chi connectivity index (χ1) is 4.57. The number of hydrogen-bond acceptors (Lipinski definition) is 3. The Morgan fingerprint density at radius 3 is 2.30 bits per heavy atom. The molecule has 0 saturated carbocycles. The Balaban J connectivity index is 3.69. The Kier molecular flexibility index (Phi) is 3.54. The van der Waals surface area contributed by atoms with E-state index in [9.17, 15) is 4.79 Å². The molecule has 0 aliphatic carbocycles. The summed E-state index contributed by atoms with van der Waals surface area (Å²) in [6.45, 7) is 7.28. The summed E-state index contributed by atoms with van der Waals surface area (Å²) in [7, 11) is 1.26. The highest BCUT2D eigenvalue weighted by molar-refractivity contribution is 5.61. The number of carbonyl (C=O) groups excluding carboxylic acids is 1. The summed E-state index contributed by atoms with van der Waals surface area (Å²) in [5.74, 6) is 0.561. The normalized spacial score (nSPS) is 9.20. The van der Waals surface area contributed by atoms with E-state index in [1.165, 1.54) is 7.11 Å². The summed E-state index contributed by atoms with van der Waals surface area (Å²) in [5, 5.41) is 0. The third-order valence-corrected chi connectivity index (χ3v) is 1.03. The average Bonchev–Trinajstić information content (AvgIpc) is 1.87. The van der Waals surface area contributed by atoms with Crippen LogP contribution in [0.2, 0.25) is 0 Å². The zero-order valence-electron chi connectivity index (χ0n) is 6.51.